The molecule has 0 N–H and O–H groups in total. The molecule has 0 fully saturated rings. The van der Waals surface area contributed by atoms with Gasteiger partial charge in [-0.1, -0.05) is 24.3 Å². The molecule has 1 aromatic heterocycles. The van der Waals surface area contributed by atoms with Crippen LogP contribution in [0.5, 0.6) is 5.75 Å². The van der Waals surface area contributed by atoms with Gasteiger partial charge in [0, 0.05) is 7.05 Å². The van der Waals surface area contributed by atoms with Gasteiger partial charge in [0.15, 0.2) is 0 Å². The van der Waals surface area contributed by atoms with Crippen molar-refractivity contribution in [2.75, 3.05) is 0 Å². The van der Waals surface area contributed by atoms with Gasteiger partial charge in [-0.2, -0.15) is 0 Å². The standard InChI is InChI=1S/C15H11F3N2O/c1-20-12-8-4-3-7-11(12)19-14(20)10-6-2-5-9-13(10)21-15(16,17)18/h2-9H,1H3. The van der Waals surface area contributed by atoms with Gasteiger partial charge in [0.25, 0.3) is 0 Å². The fourth-order valence-electron chi connectivity index (χ4n) is 2.25. The summed E-state index contributed by atoms with van der Waals surface area (Å²) in [6, 6.07) is 13.3. The lowest BCUT2D eigenvalue weighted by Gasteiger charge is -2.12. The molecule has 3 nitrogen and oxygen atoms in total. The predicted molar refractivity (Wildman–Crippen MR) is 72.8 cm³/mol. The zero-order valence-electron chi connectivity index (χ0n) is 11.1. The van der Waals surface area contributed by atoms with E-state index in [4.69, 9.17) is 0 Å². The second kappa shape index (κ2) is 4.80. The molecule has 3 rings (SSSR count). The van der Waals surface area contributed by atoms with Gasteiger partial charge < -0.3 is 9.30 Å². The third-order valence-corrected chi connectivity index (χ3v) is 3.14. The number of benzene rings is 2. The topological polar surface area (TPSA) is 27.1 Å². The molecule has 108 valence electrons. The summed E-state index contributed by atoms with van der Waals surface area (Å²) in [4.78, 5) is 4.39. The number of halogens is 3. The predicted octanol–water partition coefficient (Wildman–Crippen LogP) is 4.14. The molecule has 3 aromatic rings. The second-order valence-corrected chi connectivity index (χ2v) is 4.53. The van der Waals surface area contributed by atoms with Crippen LogP contribution in [0.4, 0.5) is 13.2 Å². The highest BCUT2D eigenvalue weighted by molar-refractivity contribution is 5.81. The maximum Gasteiger partial charge on any atom is 0.573 e. The van der Waals surface area contributed by atoms with E-state index in [0.717, 1.165) is 11.0 Å². The van der Waals surface area contributed by atoms with Crippen molar-refractivity contribution < 1.29 is 17.9 Å². The van der Waals surface area contributed by atoms with Crippen LogP contribution in [0, 0.1) is 0 Å². The summed E-state index contributed by atoms with van der Waals surface area (Å²) in [6.45, 7) is 0. The maximum absolute atomic E-state index is 12.5. The lowest BCUT2D eigenvalue weighted by atomic mass is 10.2. The van der Waals surface area contributed by atoms with Gasteiger partial charge in [-0.25, -0.2) is 4.98 Å². The third-order valence-electron chi connectivity index (χ3n) is 3.14. The van der Waals surface area contributed by atoms with Gasteiger partial charge in [0.2, 0.25) is 0 Å². The summed E-state index contributed by atoms with van der Waals surface area (Å²) >= 11 is 0. The molecule has 0 amide bonds. The van der Waals surface area contributed by atoms with E-state index >= 15 is 0 Å². The number of imidazole rings is 1. The minimum absolute atomic E-state index is 0.261. The highest BCUT2D eigenvalue weighted by atomic mass is 19.4. The second-order valence-electron chi connectivity index (χ2n) is 4.53. The summed E-state index contributed by atoms with van der Waals surface area (Å²) in [6.07, 6.45) is -4.74. The molecular weight excluding hydrogens is 281 g/mol. The van der Waals surface area contributed by atoms with Crippen molar-refractivity contribution >= 4 is 11.0 Å². The van der Waals surface area contributed by atoms with Crippen molar-refractivity contribution in [2.45, 2.75) is 6.36 Å². The van der Waals surface area contributed by atoms with Crippen LogP contribution in [0.15, 0.2) is 48.5 Å². The Kier molecular flexibility index (Phi) is 3.08. The smallest absolute Gasteiger partial charge is 0.405 e. The Morgan fingerprint density at radius 2 is 1.67 bits per heavy atom. The molecular formula is C15H11F3N2O. The van der Waals surface area contributed by atoms with Crippen molar-refractivity contribution in [1.82, 2.24) is 9.55 Å². The number of hydrogen-bond donors (Lipinski definition) is 0. The van der Waals surface area contributed by atoms with Gasteiger partial charge in [-0.3, -0.25) is 0 Å². The fourth-order valence-corrected chi connectivity index (χ4v) is 2.25. The van der Waals surface area contributed by atoms with Crippen molar-refractivity contribution in [3.8, 4) is 17.1 Å². The largest absolute Gasteiger partial charge is 0.573 e. The lowest BCUT2D eigenvalue weighted by molar-refractivity contribution is -0.274. The minimum atomic E-state index is -4.74. The summed E-state index contributed by atoms with van der Waals surface area (Å²) < 4.78 is 43.3. The summed E-state index contributed by atoms with van der Waals surface area (Å²) in [7, 11) is 1.76. The molecule has 0 atom stereocenters. The van der Waals surface area contributed by atoms with Crippen LogP contribution in [-0.2, 0) is 7.05 Å². The Morgan fingerprint density at radius 1 is 1.00 bits per heavy atom. The van der Waals surface area contributed by atoms with Crippen LogP contribution in [0.2, 0.25) is 0 Å². The van der Waals surface area contributed by atoms with Crippen molar-refractivity contribution in [1.29, 1.82) is 0 Å². The Bertz CT molecular complexity index is 793. The number of rotatable bonds is 2. The molecule has 0 bridgehead atoms. The number of aryl methyl sites for hydroxylation is 1. The van der Waals surface area contributed by atoms with Crippen LogP contribution >= 0.6 is 0 Å². The molecule has 6 heteroatoms. The molecule has 0 aliphatic rings. The van der Waals surface area contributed by atoms with Crippen LogP contribution in [0.1, 0.15) is 0 Å². The first kappa shape index (κ1) is 13.5. The zero-order chi connectivity index (χ0) is 15.0. The maximum atomic E-state index is 12.5. The molecule has 0 saturated carbocycles. The summed E-state index contributed by atoms with van der Waals surface area (Å²) in [5.74, 6) is 0.166. The molecule has 0 spiro atoms. The van der Waals surface area contributed by atoms with E-state index in [1.807, 2.05) is 24.3 Å². The van der Waals surface area contributed by atoms with E-state index < -0.39 is 6.36 Å². The van der Waals surface area contributed by atoms with Gasteiger partial charge in [-0.05, 0) is 24.3 Å². The van der Waals surface area contributed by atoms with E-state index in [1.165, 1.54) is 12.1 Å². The summed E-state index contributed by atoms with van der Waals surface area (Å²) in [5.41, 5.74) is 1.86. The van der Waals surface area contributed by atoms with Gasteiger partial charge in [0.1, 0.15) is 11.6 Å². The monoisotopic (exact) mass is 292 g/mol. The van der Waals surface area contributed by atoms with Crippen molar-refractivity contribution in [2.24, 2.45) is 7.05 Å². The number of nitrogens with zero attached hydrogens (tertiary/aromatic N) is 2. The normalized spacial score (nSPS) is 11.8. The van der Waals surface area contributed by atoms with Crippen LogP contribution in [0.25, 0.3) is 22.4 Å². The molecule has 0 radical (unpaired) electrons. The Balaban J connectivity index is 2.17. The quantitative estimate of drug-likeness (QED) is 0.710. The molecule has 2 aromatic carbocycles. The first-order valence-electron chi connectivity index (χ1n) is 6.22. The van der Waals surface area contributed by atoms with Crippen molar-refractivity contribution in [3.63, 3.8) is 0 Å². The number of aromatic nitrogens is 2. The fraction of sp³-hybridized carbons (Fsp3) is 0.133. The van der Waals surface area contributed by atoms with E-state index in [-0.39, 0.29) is 5.75 Å². The van der Waals surface area contributed by atoms with E-state index in [2.05, 4.69) is 9.72 Å². The first-order valence-corrected chi connectivity index (χ1v) is 6.22. The SMILES string of the molecule is Cn1c(-c2ccccc2OC(F)(F)F)nc2ccccc21. The number of alkyl halides is 3. The van der Waals surface area contributed by atoms with Crippen LogP contribution in [-0.4, -0.2) is 15.9 Å². The molecule has 21 heavy (non-hydrogen) atoms. The number of fused-ring (bicyclic) bond motifs is 1. The highest BCUT2D eigenvalue weighted by Gasteiger charge is 2.32. The Morgan fingerprint density at radius 3 is 2.38 bits per heavy atom. The van der Waals surface area contributed by atoms with Crippen molar-refractivity contribution in [3.05, 3.63) is 48.5 Å². The molecule has 0 unspecified atom stereocenters. The van der Waals surface area contributed by atoms with Crippen LogP contribution in [0.3, 0.4) is 0 Å². The molecule has 0 saturated heterocycles. The number of para-hydroxylation sites is 3. The third kappa shape index (κ3) is 2.56. The van der Waals surface area contributed by atoms with Gasteiger partial charge in [0.05, 0.1) is 16.6 Å². The Hall–Kier alpha value is -2.50. The minimum Gasteiger partial charge on any atom is -0.405 e. The summed E-state index contributed by atoms with van der Waals surface area (Å²) in [5, 5.41) is 0. The highest BCUT2D eigenvalue weighted by Crippen LogP contribution is 2.34. The van der Waals surface area contributed by atoms with Crippen LogP contribution < -0.4 is 4.74 Å². The molecule has 0 aliphatic heterocycles. The molecule has 0 aliphatic carbocycles. The van der Waals surface area contributed by atoms with E-state index in [1.54, 1.807) is 23.7 Å². The molecule has 1 heterocycles. The van der Waals surface area contributed by atoms with Gasteiger partial charge in [-0.15, -0.1) is 13.2 Å². The Labute approximate surface area is 118 Å². The average molecular weight is 292 g/mol. The number of ether oxygens (including phenoxy) is 1. The van der Waals surface area contributed by atoms with E-state index in [0.29, 0.717) is 11.4 Å². The lowest BCUT2D eigenvalue weighted by Crippen LogP contribution is -2.17. The first-order chi connectivity index (χ1) is 9.96. The zero-order valence-corrected chi connectivity index (χ0v) is 11.1. The van der Waals surface area contributed by atoms with E-state index in [9.17, 15) is 13.2 Å². The average Bonchev–Trinajstić information content (AvgIpc) is 2.76. The van der Waals surface area contributed by atoms with Gasteiger partial charge >= 0.3 is 6.36 Å². The number of hydrogen-bond acceptors (Lipinski definition) is 2.